The van der Waals surface area contributed by atoms with Crippen LogP contribution in [0, 0.1) is 0 Å². The van der Waals surface area contributed by atoms with E-state index in [4.69, 9.17) is 0 Å². The first-order valence-corrected chi connectivity index (χ1v) is 8.76. The van der Waals surface area contributed by atoms with Crippen molar-refractivity contribution in [3.63, 3.8) is 0 Å². The molecule has 0 N–H and O–H groups in total. The number of ketones is 1. The Bertz CT molecular complexity index is 857. The lowest BCUT2D eigenvalue weighted by atomic mass is 9.94. The number of nitrogens with zero attached hydrogens (tertiary/aromatic N) is 3. The number of fused-ring (bicyclic) bond motifs is 1. The summed E-state index contributed by atoms with van der Waals surface area (Å²) in [4.78, 5) is 34.8. The van der Waals surface area contributed by atoms with Crippen LogP contribution in [0.5, 0.6) is 0 Å². The van der Waals surface area contributed by atoms with Crippen LogP contribution in [0.2, 0.25) is 0 Å². The van der Waals surface area contributed by atoms with Gasteiger partial charge in [0.15, 0.2) is 0 Å². The number of aliphatic imine (C=N–C) groups is 1. The molecule has 0 fully saturated rings. The molecular weight excluding hydrogens is 326 g/mol. The monoisotopic (exact) mass is 349 g/mol. The van der Waals surface area contributed by atoms with E-state index in [0.29, 0.717) is 25.1 Å². The van der Waals surface area contributed by atoms with Crippen LogP contribution in [0.15, 0.2) is 47.6 Å². The summed E-state index contributed by atoms with van der Waals surface area (Å²) in [5, 5.41) is 0. The van der Waals surface area contributed by atoms with Crippen LogP contribution in [-0.4, -0.2) is 41.4 Å². The lowest BCUT2D eigenvalue weighted by molar-refractivity contribution is -0.121. The normalized spacial score (nSPS) is 13.7. The first kappa shape index (κ1) is 18.0. The van der Waals surface area contributed by atoms with E-state index in [0.717, 1.165) is 16.8 Å². The fourth-order valence-corrected chi connectivity index (χ4v) is 3.15. The Hall–Kier alpha value is -2.82. The van der Waals surface area contributed by atoms with Gasteiger partial charge in [-0.3, -0.25) is 19.6 Å². The number of amides is 1. The Labute approximate surface area is 153 Å². The Morgan fingerprint density at radius 3 is 2.62 bits per heavy atom. The second-order valence-electron chi connectivity index (χ2n) is 6.93. The summed E-state index contributed by atoms with van der Waals surface area (Å²) in [7, 11) is 3.41. The lowest BCUT2D eigenvalue weighted by Gasteiger charge is -2.12. The predicted molar refractivity (Wildman–Crippen MR) is 101 cm³/mol. The third-order valence-corrected chi connectivity index (χ3v) is 4.60. The molecule has 1 aromatic carbocycles. The molecule has 0 radical (unpaired) electrons. The molecule has 0 saturated heterocycles. The average molecular weight is 349 g/mol. The zero-order valence-electron chi connectivity index (χ0n) is 15.4. The number of benzene rings is 1. The molecule has 0 spiro atoms. The topological polar surface area (TPSA) is 62.6 Å². The summed E-state index contributed by atoms with van der Waals surface area (Å²) in [5.74, 6) is 0.231. The van der Waals surface area contributed by atoms with Crippen LogP contribution >= 0.6 is 0 Å². The summed E-state index contributed by atoms with van der Waals surface area (Å²) < 4.78 is 0. The van der Waals surface area contributed by atoms with E-state index in [1.54, 1.807) is 20.3 Å². The predicted octanol–water partition coefficient (Wildman–Crippen LogP) is 2.78. The molecule has 2 heterocycles. The lowest BCUT2D eigenvalue weighted by Crippen LogP contribution is -2.29. The van der Waals surface area contributed by atoms with Gasteiger partial charge in [-0.25, -0.2) is 0 Å². The highest BCUT2D eigenvalue weighted by Crippen LogP contribution is 2.22. The van der Waals surface area contributed by atoms with Crippen LogP contribution in [0.4, 0.5) is 0 Å². The number of carbonyl (C=O) groups is 2. The van der Waals surface area contributed by atoms with Crippen molar-refractivity contribution in [1.29, 1.82) is 0 Å². The maximum absolute atomic E-state index is 12.4. The van der Waals surface area contributed by atoms with Crippen LogP contribution < -0.4 is 0 Å². The van der Waals surface area contributed by atoms with Crippen molar-refractivity contribution in [2.75, 3.05) is 14.1 Å². The van der Waals surface area contributed by atoms with Crippen molar-refractivity contribution in [2.24, 2.45) is 4.99 Å². The molecule has 26 heavy (non-hydrogen) atoms. The summed E-state index contributed by atoms with van der Waals surface area (Å²) in [6.45, 7) is 2.53. The molecule has 3 rings (SSSR count). The van der Waals surface area contributed by atoms with Crippen molar-refractivity contribution < 1.29 is 9.59 Å². The molecule has 0 saturated carbocycles. The van der Waals surface area contributed by atoms with Crippen LogP contribution in [-0.2, 0) is 22.6 Å². The molecule has 1 aromatic heterocycles. The van der Waals surface area contributed by atoms with E-state index in [1.807, 2.05) is 36.4 Å². The van der Waals surface area contributed by atoms with E-state index < -0.39 is 0 Å². The smallest absolute Gasteiger partial charge is 0.272 e. The standard InChI is InChI=1S/C21H23N3O2/c1-14(15-7-5-4-6-8-15)9-18(25)11-17-10-16-12-23-20(19(16)13-22-17)21(26)24(2)3/h4-8,10,13-14H,9,11-12H2,1-3H3/t14-/m0/s1. The molecule has 5 nitrogen and oxygen atoms in total. The second kappa shape index (κ2) is 7.60. The van der Waals surface area contributed by atoms with Crippen molar-refractivity contribution in [3.05, 3.63) is 65.0 Å². The van der Waals surface area contributed by atoms with Gasteiger partial charge in [0, 0.05) is 44.4 Å². The van der Waals surface area contributed by atoms with Crippen molar-refractivity contribution in [1.82, 2.24) is 9.88 Å². The van der Waals surface area contributed by atoms with E-state index in [2.05, 4.69) is 16.9 Å². The van der Waals surface area contributed by atoms with Gasteiger partial charge in [-0.15, -0.1) is 0 Å². The zero-order chi connectivity index (χ0) is 18.7. The minimum atomic E-state index is -0.119. The third-order valence-electron chi connectivity index (χ3n) is 4.60. The molecule has 0 bridgehead atoms. The Morgan fingerprint density at radius 1 is 1.19 bits per heavy atom. The largest absolute Gasteiger partial charge is 0.343 e. The van der Waals surface area contributed by atoms with E-state index >= 15 is 0 Å². The van der Waals surface area contributed by atoms with Gasteiger partial charge < -0.3 is 4.90 Å². The highest BCUT2D eigenvalue weighted by atomic mass is 16.2. The van der Waals surface area contributed by atoms with Gasteiger partial charge in [0.25, 0.3) is 5.91 Å². The Kier molecular flexibility index (Phi) is 5.26. The maximum atomic E-state index is 12.4. The summed E-state index contributed by atoms with van der Waals surface area (Å²) in [5.41, 5.74) is 4.10. The molecule has 0 aliphatic carbocycles. The molecule has 1 aliphatic rings. The zero-order valence-corrected chi connectivity index (χ0v) is 15.4. The quantitative estimate of drug-likeness (QED) is 0.805. The fourth-order valence-electron chi connectivity index (χ4n) is 3.15. The van der Waals surface area contributed by atoms with Gasteiger partial charge in [0.1, 0.15) is 11.5 Å². The van der Waals surface area contributed by atoms with Gasteiger partial charge in [-0.2, -0.15) is 0 Å². The van der Waals surface area contributed by atoms with Crippen LogP contribution in [0.1, 0.15) is 41.6 Å². The van der Waals surface area contributed by atoms with Gasteiger partial charge in [-0.1, -0.05) is 37.3 Å². The minimum Gasteiger partial charge on any atom is -0.343 e. The molecule has 2 aromatic rings. The summed E-state index contributed by atoms with van der Waals surface area (Å²) in [6.07, 6.45) is 2.47. The molecular formula is C21H23N3O2. The number of aromatic nitrogens is 1. The van der Waals surface area contributed by atoms with Crippen molar-refractivity contribution >= 4 is 17.4 Å². The first-order valence-electron chi connectivity index (χ1n) is 8.76. The average Bonchev–Trinajstić information content (AvgIpc) is 3.04. The number of hydrogen-bond donors (Lipinski definition) is 0. The molecule has 134 valence electrons. The fraction of sp³-hybridized carbons (Fsp3) is 0.333. The second-order valence-corrected chi connectivity index (χ2v) is 6.93. The molecule has 5 heteroatoms. The molecule has 1 aliphatic heterocycles. The minimum absolute atomic E-state index is 0.119. The van der Waals surface area contributed by atoms with Gasteiger partial charge in [0.05, 0.1) is 6.54 Å². The Balaban J connectivity index is 1.65. The number of hydrogen-bond acceptors (Lipinski definition) is 4. The SMILES string of the molecule is C[C@@H](CC(=O)Cc1cc2c(cn1)C(C(=O)N(C)C)=NC2)c1ccccc1. The first-order chi connectivity index (χ1) is 12.5. The van der Waals surface area contributed by atoms with Gasteiger partial charge >= 0.3 is 0 Å². The summed E-state index contributed by atoms with van der Waals surface area (Å²) in [6, 6.07) is 12.0. The van der Waals surface area contributed by atoms with Crippen LogP contribution in [0.25, 0.3) is 0 Å². The van der Waals surface area contributed by atoms with Crippen molar-refractivity contribution in [3.8, 4) is 0 Å². The number of carbonyl (C=O) groups excluding carboxylic acids is 2. The number of pyridine rings is 1. The highest BCUT2D eigenvalue weighted by Gasteiger charge is 2.24. The van der Waals surface area contributed by atoms with Gasteiger partial charge in [-0.05, 0) is 23.1 Å². The number of rotatable bonds is 6. The number of Topliss-reactive ketones (excluding diaryl/α,β-unsaturated/α-hetero) is 1. The molecule has 1 amide bonds. The van der Waals surface area contributed by atoms with E-state index in [1.165, 1.54) is 10.5 Å². The molecule has 1 atom stereocenters. The molecule has 0 unspecified atom stereocenters. The Morgan fingerprint density at radius 2 is 1.92 bits per heavy atom. The maximum Gasteiger partial charge on any atom is 0.272 e. The number of likely N-dealkylation sites (N-methyl/N-ethyl adjacent to an activating group) is 1. The van der Waals surface area contributed by atoms with Crippen LogP contribution in [0.3, 0.4) is 0 Å². The highest BCUT2D eigenvalue weighted by molar-refractivity contribution is 6.46. The van der Waals surface area contributed by atoms with Crippen molar-refractivity contribution in [2.45, 2.75) is 32.2 Å². The van der Waals surface area contributed by atoms with E-state index in [-0.39, 0.29) is 17.6 Å². The van der Waals surface area contributed by atoms with Gasteiger partial charge in [0.2, 0.25) is 0 Å². The third kappa shape index (κ3) is 3.87. The summed E-state index contributed by atoms with van der Waals surface area (Å²) >= 11 is 0. The van der Waals surface area contributed by atoms with E-state index in [9.17, 15) is 9.59 Å².